The number of aromatic nitrogens is 6. The summed E-state index contributed by atoms with van der Waals surface area (Å²) in [5.74, 6) is -0.209. The Balaban J connectivity index is 1.40. The molecular weight excluding hydrogens is 396 g/mol. The molecule has 29 heavy (non-hydrogen) atoms. The first-order valence-electron chi connectivity index (χ1n) is 9.15. The molecule has 11 nitrogen and oxygen atoms in total. The van der Waals surface area contributed by atoms with E-state index in [2.05, 4.69) is 15.3 Å². The molecule has 1 aliphatic heterocycles. The standard InChI is InChI=1S/C17H22N8O3S/c1-14-16(12-19-21(14)2)29(27,28)25-10-8-22(9-11-25)17(26)15-4-7-24(20-15)13-23-6-3-5-18-23/h3-7,12H,8-11,13H2,1-2H3. The van der Waals surface area contributed by atoms with Crippen LogP contribution in [0.4, 0.5) is 0 Å². The molecule has 0 N–H and O–H groups in total. The van der Waals surface area contributed by atoms with Gasteiger partial charge in [-0.05, 0) is 19.1 Å². The summed E-state index contributed by atoms with van der Waals surface area (Å²) in [6, 6.07) is 3.48. The third kappa shape index (κ3) is 3.68. The van der Waals surface area contributed by atoms with E-state index in [0.717, 1.165) is 0 Å². The molecule has 154 valence electrons. The number of carbonyl (C=O) groups is 1. The van der Waals surface area contributed by atoms with Gasteiger partial charge in [0.05, 0.1) is 11.9 Å². The Morgan fingerprint density at radius 1 is 1.10 bits per heavy atom. The minimum atomic E-state index is -3.63. The Labute approximate surface area is 168 Å². The Kier molecular flexibility index (Phi) is 4.96. The molecule has 4 heterocycles. The van der Waals surface area contributed by atoms with E-state index < -0.39 is 10.0 Å². The number of amides is 1. The number of hydrogen-bond acceptors (Lipinski definition) is 6. The van der Waals surface area contributed by atoms with Crippen LogP contribution in [0.3, 0.4) is 0 Å². The van der Waals surface area contributed by atoms with Crippen molar-refractivity contribution in [3.8, 4) is 0 Å². The van der Waals surface area contributed by atoms with E-state index in [1.165, 1.54) is 15.2 Å². The maximum Gasteiger partial charge on any atom is 0.274 e. The summed E-state index contributed by atoms with van der Waals surface area (Å²) in [7, 11) is -1.92. The van der Waals surface area contributed by atoms with Gasteiger partial charge in [0, 0.05) is 51.8 Å². The van der Waals surface area contributed by atoms with Crippen LogP contribution < -0.4 is 0 Å². The van der Waals surface area contributed by atoms with Gasteiger partial charge in [-0.15, -0.1) is 0 Å². The molecule has 3 aromatic rings. The molecule has 0 bridgehead atoms. The molecule has 0 radical (unpaired) electrons. The molecule has 12 heteroatoms. The SMILES string of the molecule is Cc1c(S(=O)(=O)N2CCN(C(=O)c3ccn(Cn4cccn4)n3)CC2)cnn1C. The lowest BCUT2D eigenvalue weighted by Crippen LogP contribution is -2.50. The summed E-state index contributed by atoms with van der Waals surface area (Å²) in [5, 5.41) is 12.4. The fourth-order valence-electron chi connectivity index (χ4n) is 3.25. The van der Waals surface area contributed by atoms with Gasteiger partial charge in [0.1, 0.15) is 17.3 Å². The van der Waals surface area contributed by atoms with Crippen molar-refractivity contribution in [2.45, 2.75) is 18.5 Å². The topological polar surface area (TPSA) is 111 Å². The van der Waals surface area contributed by atoms with Crippen molar-refractivity contribution in [1.29, 1.82) is 0 Å². The minimum Gasteiger partial charge on any atom is -0.335 e. The van der Waals surface area contributed by atoms with Crippen LogP contribution in [-0.2, 0) is 23.7 Å². The van der Waals surface area contributed by atoms with Crippen LogP contribution in [0, 0.1) is 6.92 Å². The highest BCUT2D eigenvalue weighted by Crippen LogP contribution is 2.20. The molecule has 3 aromatic heterocycles. The van der Waals surface area contributed by atoms with Crippen molar-refractivity contribution in [2.24, 2.45) is 7.05 Å². The van der Waals surface area contributed by atoms with Crippen LogP contribution in [0.2, 0.25) is 0 Å². The zero-order valence-corrected chi connectivity index (χ0v) is 17.0. The quantitative estimate of drug-likeness (QED) is 0.566. The highest BCUT2D eigenvalue weighted by Gasteiger charge is 2.33. The lowest BCUT2D eigenvalue weighted by molar-refractivity contribution is 0.0691. The number of piperazine rings is 1. The number of rotatable bonds is 5. The molecule has 0 atom stereocenters. The summed E-state index contributed by atoms with van der Waals surface area (Å²) in [6.07, 6.45) is 6.58. The molecule has 1 fully saturated rings. The summed E-state index contributed by atoms with van der Waals surface area (Å²) < 4.78 is 32.0. The molecule has 0 aliphatic carbocycles. The minimum absolute atomic E-state index is 0.206. The van der Waals surface area contributed by atoms with Crippen LogP contribution in [0.15, 0.2) is 41.8 Å². The monoisotopic (exact) mass is 418 g/mol. The molecule has 1 amide bonds. The zero-order valence-electron chi connectivity index (χ0n) is 16.2. The third-order valence-electron chi connectivity index (χ3n) is 5.04. The van der Waals surface area contributed by atoms with Crippen molar-refractivity contribution in [3.05, 3.63) is 48.3 Å². The van der Waals surface area contributed by atoms with Gasteiger partial charge < -0.3 is 4.90 Å². The lowest BCUT2D eigenvalue weighted by Gasteiger charge is -2.33. The van der Waals surface area contributed by atoms with E-state index in [0.29, 0.717) is 31.1 Å². The van der Waals surface area contributed by atoms with E-state index in [-0.39, 0.29) is 23.9 Å². The first-order valence-corrected chi connectivity index (χ1v) is 10.6. The summed E-state index contributed by atoms with van der Waals surface area (Å²) in [5.41, 5.74) is 0.919. The first-order chi connectivity index (χ1) is 13.9. The van der Waals surface area contributed by atoms with E-state index >= 15 is 0 Å². The van der Waals surface area contributed by atoms with Crippen molar-refractivity contribution in [3.63, 3.8) is 0 Å². The van der Waals surface area contributed by atoms with E-state index in [1.54, 1.807) is 46.7 Å². The van der Waals surface area contributed by atoms with Crippen molar-refractivity contribution >= 4 is 15.9 Å². The Bertz CT molecular complexity index is 1110. The molecule has 0 spiro atoms. The molecule has 1 saturated heterocycles. The Morgan fingerprint density at radius 3 is 2.48 bits per heavy atom. The summed E-state index contributed by atoms with van der Waals surface area (Å²) >= 11 is 0. The van der Waals surface area contributed by atoms with Gasteiger partial charge in [-0.2, -0.15) is 19.6 Å². The van der Waals surface area contributed by atoms with E-state index in [9.17, 15) is 13.2 Å². The maximum absolute atomic E-state index is 12.9. The van der Waals surface area contributed by atoms with Gasteiger partial charge in [-0.3, -0.25) is 18.8 Å². The highest BCUT2D eigenvalue weighted by molar-refractivity contribution is 7.89. The Morgan fingerprint density at radius 2 is 1.86 bits per heavy atom. The molecule has 1 aliphatic rings. The largest absolute Gasteiger partial charge is 0.335 e. The van der Waals surface area contributed by atoms with Crippen LogP contribution in [0.5, 0.6) is 0 Å². The van der Waals surface area contributed by atoms with Gasteiger partial charge in [-0.25, -0.2) is 8.42 Å². The highest BCUT2D eigenvalue weighted by atomic mass is 32.2. The number of aryl methyl sites for hydroxylation is 1. The summed E-state index contributed by atoms with van der Waals surface area (Å²) in [6.45, 7) is 3.22. The van der Waals surface area contributed by atoms with Gasteiger partial charge in [0.25, 0.3) is 5.91 Å². The van der Waals surface area contributed by atoms with Crippen molar-refractivity contribution < 1.29 is 13.2 Å². The number of carbonyl (C=O) groups excluding carboxylic acids is 1. The predicted octanol–water partition coefficient (Wildman–Crippen LogP) is -0.226. The average molecular weight is 418 g/mol. The predicted molar refractivity (Wildman–Crippen MR) is 102 cm³/mol. The van der Waals surface area contributed by atoms with E-state index in [1.807, 2.05) is 12.3 Å². The van der Waals surface area contributed by atoms with Gasteiger partial charge >= 0.3 is 0 Å². The van der Waals surface area contributed by atoms with Crippen LogP contribution in [0.1, 0.15) is 16.2 Å². The fraction of sp³-hybridized carbons (Fsp3) is 0.412. The smallest absolute Gasteiger partial charge is 0.274 e. The zero-order chi connectivity index (χ0) is 20.6. The number of hydrogen-bond donors (Lipinski definition) is 0. The number of nitrogens with zero attached hydrogens (tertiary/aromatic N) is 8. The fourth-order valence-corrected chi connectivity index (χ4v) is 4.86. The van der Waals surface area contributed by atoms with Gasteiger partial charge in [0.2, 0.25) is 10.0 Å². The second kappa shape index (κ2) is 7.44. The third-order valence-corrected chi connectivity index (χ3v) is 7.04. The average Bonchev–Trinajstić information content (AvgIpc) is 3.45. The summed E-state index contributed by atoms with van der Waals surface area (Å²) in [4.78, 5) is 14.6. The van der Waals surface area contributed by atoms with Crippen molar-refractivity contribution in [1.82, 2.24) is 38.5 Å². The van der Waals surface area contributed by atoms with Crippen LogP contribution in [-0.4, -0.2) is 79.1 Å². The van der Waals surface area contributed by atoms with Gasteiger partial charge in [-0.1, -0.05) is 0 Å². The second-order valence-corrected chi connectivity index (χ2v) is 8.75. The molecule has 4 rings (SSSR count). The molecule has 0 aromatic carbocycles. The normalized spacial score (nSPS) is 15.7. The van der Waals surface area contributed by atoms with Crippen LogP contribution in [0.25, 0.3) is 0 Å². The molecular formula is C17H22N8O3S. The van der Waals surface area contributed by atoms with Crippen LogP contribution >= 0.6 is 0 Å². The Hall–Kier alpha value is -2.99. The lowest BCUT2D eigenvalue weighted by atomic mass is 10.3. The van der Waals surface area contributed by atoms with Gasteiger partial charge in [0.15, 0.2) is 0 Å². The molecule has 0 unspecified atom stereocenters. The first kappa shape index (κ1) is 19.3. The number of sulfonamides is 1. The maximum atomic E-state index is 12.9. The van der Waals surface area contributed by atoms with Crippen molar-refractivity contribution in [2.75, 3.05) is 26.2 Å². The van der Waals surface area contributed by atoms with E-state index in [4.69, 9.17) is 0 Å². The second-order valence-electron chi connectivity index (χ2n) is 6.84. The molecule has 0 saturated carbocycles.